The van der Waals surface area contributed by atoms with Crippen LogP contribution in [0, 0.1) is 5.82 Å². The number of rotatable bonds is 2. The van der Waals surface area contributed by atoms with Crippen molar-refractivity contribution in [3.63, 3.8) is 0 Å². The van der Waals surface area contributed by atoms with Crippen molar-refractivity contribution in [1.82, 2.24) is 19.8 Å². The first-order chi connectivity index (χ1) is 9.72. The molecule has 0 spiro atoms. The van der Waals surface area contributed by atoms with Gasteiger partial charge < -0.3 is 0 Å². The summed E-state index contributed by atoms with van der Waals surface area (Å²) in [5.41, 5.74) is 0.422. The Balaban J connectivity index is 1.84. The lowest BCUT2D eigenvalue weighted by Crippen LogP contribution is -2.08. The number of halogens is 2. The monoisotopic (exact) mass is 352 g/mol. The lowest BCUT2D eigenvalue weighted by Gasteiger charge is -2.21. The molecule has 2 aromatic heterocycles. The van der Waals surface area contributed by atoms with Crippen LogP contribution in [0.2, 0.25) is 0 Å². The third kappa shape index (κ3) is 1.88. The number of nitrogens with zero attached hydrogens (tertiary/aromatic N) is 4. The van der Waals surface area contributed by atoms with Gasteiger partial charge in [0.2, 0.25) is 4.96 Å². The van der Waals surface area contributed by atoms with Crippen LogP contribution in [0.5, 0.6) is 0 Å². The Labute approximate surface area is 126 Å². The van der Waals surface area contributed by atoms with E-state index in [0.29, 0.717) is 21.8 Å². The molecule has 3 aromatic rings. The molecule has 20 heavy (non-hydrogen) atoms. The maximum atomic E-state index is 14.0. The molecule has 0 bridgehead atoms. The zero-order valence-electron chi connectivity index (χ0n) is 10.4. The van der Waals surface area contributed by atoms with Gasteiger partial charge in [-0.25, -0.2) is 4.39 Å². The number of hydrogen-bond donors (Lipinski definition) is 0. The maximum Gasteiger partial charge on any atom is 0.234 e. The van der Waals surface area contributed by atoms with E-state index in [-0.39, 0.29) is 5.82 Å². The summed E-state index contributed by atoms with van der Waals surface area (Å²) in [6, 6.07) is 4.91. The van der Waals surface area contributed by atoms with Crippen molar-refractivity contribution in [3.05, 3.63) is 33.5 Å². The van der Waals surface area contributed by atoms with Gasteiger partial charge in [0, 0.05) is 10.4 Å². The Morgan fingerprint density at radius 1 is 1.30 bits per heavy atom. The highest BCUT2D eigenvalue weighted by molar-refractivity contribution is 9.10. The van der Waals surface area contributed by atoms with Gasteiger partial charge >= 0.3 is 0 Å². The number of aromatic nitrogens is 4. The quantitative estimate of drug-likeness (QED) is 0.699. The second-order valence-corrected chi connectivity index (χ2v) is 6.81. The minimum Gasteiger partial charge on any atom is -0.206 e. The second-order valence-electron chi connectivity index (χ2n) is 4.91. The van der Waals surface area contributed by atoms with Gasteiger partial charge in [0.05, 0.1) is 5.56 Å². The summed E-state index contributed by atoms with van der Waals surface area (Å²) in [6.07, 6.45) is 3.64. The van der Waals surface area contributed by atoms with Crippen LogP contribution in [0.15, 0.2) is 22.7 Å². The molecule has 7 heteroatoms. The first-order valence-electron chi connectivity index (χ1n) is 6.40. The third-order valence-corrected chi connectivity index (χ3v) is 5.19. The summed E-state index contributed by atoms with van der Waals surface area (Å²) in [5.74, 6) is 0.683. The summed E-state index contributed by atoms with van der Waals surface area (Å²) < 4.78 is 16.4. The van der Waals surface area contributed by atoms with Crippen molar-refractivity contribution >= 4 is 32.2 Å². The SMILES string of the molecule is Fc1cc(Br)ccc1-c1nnc2sc(C3CCC3)nn12. The van der Waals surface area contributed by atoms with E-state index in [9.17, 15) is 4.39 Å². The van der Waals surface area contributed by atoms with Crippen LogP contribution < -0.4 is 0 Å². The van der Waals surface area contributed by atoms with Crippen molar-refractivity contribution in [3.8, 4) is 11.4 Å². The fourth-order valence-electron chi connectivity index (χ4n) is 2.29. The molecule has 0 N–H and O–H groups in total. The normalized spacial score (nSPS) is 15.7. The molecule has 4 nitrogen and oxygen atoms in total. The minimum absolute atomic E-state index is 0.327. The summed E-state index contributed by atoms with van der Waals surface area (Å²) in [5, 5.41) is 13.8. The van der Waals surface area contributed by atoms with E-state index in [1.807, 2.05) is 0 Å². The number of benzene rings is 1. The Kier molecular flexibility index (Phi) is 2.85. The van der Waals surface area contributed by atoms with Crippen LogP contribution in [0.4, 0.5) is 4.39 Å². The summed E-state index contributed by atoms with van der Waals surface area (Å²) in [4.78, 5) is 0.726. The Morgan fingerprint density at radius 3 is 2.85 bits per heavy atom. The fraction of sp³-hybridized carbons (Fsp3) is 0.308. The summed E-state index contributed by atoms with van der Waals surface area (Å²) >= 11 is 4.81. The van der Waals surface area contributed by atoms with E-state index >= 15 is 0 Å². The van der Waals surface area contributed by atoms with Crippen molar-refractivity contribution in [2.24, 2.45) is 0 Å². The van der Waals surface area contributed by atoms with Gasteiger partial charge in [0.1, 0.15) is 10.8 Å². The Bertz CT molecular complexity index is 793. The van der Waals surface area contributed by atoms with Gasteiger partial charge in [-0.3, -0.25) is 0 Å². The molecule has 1 aliphatic rings. The lowest BCUT2D eigenvalue weighted by molar-refractivity contribution is 0.415. The fourth-order valence-corrected chi connectivity index (χ4v) is 3.63. The van der Waals surface area contributed by atoms with Crippen LogP contribution in [-0.4, -0.2) is 19.8 Å². The summed E-state index contributed by atoms with van der Waals surface area (Å²) in [7, 11) is 0. The largest absolute Gasteiger partial charge is 0.234 e. The molecule has 0 atom stereocenters. The first kappa shape index (κ1) is 12.4. The molecular weight excluding hydrogens is 343 g/mol. The van der Waals surface area contributed by atoms with Crippen LogP contribution in [0.1, 0.15) is 30.2 Å². The van der Waals surface area contributed by atoms with Gasteiger partial charge in [0.25, 0.3) is 0 Å². The average molecular weight is 353 g/mol. The minimum atomic E-state index is -0.327. The maximum absolute atomic E-state index is 14.0. The molecule has 1 fully saturated rings. The zero-order chi connectivity index (χ0) is 13.7. The third-order valence-electron chi connectivity index (χ3n) is 3.63. The molecule has 0 saturated heterocycles. The molecule has 2 heterocycles. The average Bonchev–Trinajstić information content (AvgIpc) is 2.87. The van der Waals surface area contributed by atoms with Gasteiger partial charge in [-0.2, -0.15) is 9.61 Å². The van der Waals surface area contributed by atoms with Gasteiger partial charge in [-0.05, 0) is 31.0 Å². The predicted molar refractivity (Wildman–Crippen MR) is 78.3 cm³/mol. The number of fused-ring (bicyclic) bond motifs is 1. The summed E-state index contributed by atoms with van der Waals surface area (Å²) in [6.45, 7) is 0. The van der Waals surface area contributed by atoms with E-state index in [2.05, 4.69) is 31.2 Å². The Hall–Kier alpha value is -1.34. The van der Waals surface area contributed by atoms with Crippen LogP contribution >= 0.6 is 27.3 Å². The van der Waals surface area contributed by atoms with Crippen molar-refractivity contribution in [1.29, 1.82) is 0 Å². The smallest absolute Gasteiger partial charge is 0.206 e. The topological polar surface area (TPSA) is 43.1 Å². The number of hydrogen-bond acceptors (Lipinski definition) is 4. The van der Waals surface area contributed by atoms with E-state index in [4.69, 9.17) is 0 Å². The van der Waals surface area contributed by atoms with Crippen molar-refractivity contribution < 1.29 is 4.39 Å². The van der Waals surface area contributed by atoms with Crippen LogP contribution in [-0.2, 0) is 0 Å². The highest BCUT2D eigenvalue weighted by Crippen LogP contribution is 2.38. The highest BCUT2D eigenvalue weighted by atomic mass is 79.9. The second kappa shape index (κ2) is 4.60. The zero-order valence-corrected chi connectivity index (χ0v) is 12.8. The predicted octanol–water partition coefficient (Wildman–Crippen LogP) is 4.02. The van der Waals surface area contributed by atoms with E-state index in [0.717, 1.165) is 9.97 Å². The van der Waals surface area contributed by atoms with Crippen molar-refractivity contribution in [2.75, 3.05) is 0 Å². The van der Waals surface area contributed by atoms with Crippen LogP contribution in [0.3, 0.4) is 0 Å². The molecule has 1 saturated carbocycles. The lowest BCUT2D eigenvalue weighted by atomic mass is 9.86. The Morgan fingerprint density at radius 2 is 2.15 bits per heavy atom. The molecular formula is C13H10BrFN4S. The molecule has 4 rings (SSSR count). The van der Waals surface area contributed by atoms with E-state index in [1.54, 1.807) is 28.0 Å². The van der Waals surface area contributed by atoms with Crippen LogP contribution in [0.25, 0.3) is 16.3 Å². The van der Waals surface area contributed by atoms with Gasteiger partial charge in [-0.1, -0.05) is 33.7 Å². The molecule has 1 aromatic carbocycles. The first-order valence-corrected chi connectivity index (χ1v) is 8.01. The van der Waals surface area contributed by atoms with E-state index < -0.39 is 0 Å². The van der Waals surface area contributed by atoms with Gasteiger partial charge in [-0.15, -0.1) is 10.2 Å². The van der Waals surface area contributed by atoms with Gasteiger partial charge in [0.15, 0.2) is 5.82 Å². The van der Waals surface area contributed by atoms with Crippen molar-refractivity contribution in [2.45, 2.75) is 25.2 Å². The molecule has 102 valence electrons. The molecule has 0 amide bonds. The standard InChI is InChI=1S/C13H10BrFN4S/c14-8-4-5-9(10(15)6-8)11-16-17-13-19(11)18-12(20-13)7-2-1-3-7/h4-7H,1-3H2. The molecule has 1 aliphatic carbocycles. The molecule has 0 radical (unpaired) electrons. The van der Waals surface area contributed by atoms with E-state index in [1.165, 1.54) is 25.3 Å². The molecule has 0 unspecified atom stereocenters. The highest BCUT2D eigenvalue weighted by Gasteiger charge is 2.25. The molecule has 0 aliphatic heterocycles.